The number of carbonyl (C=O) groups is 2. The Morgan fingerprint density at radius 3 is 2.80 bits per heavy atom. The summed E-state index contributed by atoms with van der Waals surface area (Å²) in [6.45, 7) is 4.29. The number of nitrogens with one attached hydrogen (secondary N) is 1. The van der Waals surface area contributed by atoms with Crippen LogP contribution in [0, 0.1) is 12.3 Å². The highest BCUT2D eigenvalue weighted by Crippen LogP contribution is 2.17. The summed E-state index contributed by atoms with van der Waals surface area (Å²) in [7, 11) is 0. The first-order valence-electron chi connectivity index (χ1n) is 5.07. The molecule has 1 saturated heterocycles. The van der Waals surface area contributed by atoms with E-state index in [0.717, 1.165) is 0 Å². The first-order valence-corrected chi connectivity index (χ1v) is 5.07. The summed E-state index contributed by atoms with van der Waals surface area (Å²) in [4.78, 5) is 25.0. The zero-order chi connectivity index (χ0) is 11.5. The Kier molecular flexibility index (Phi) is 3.35. The number of hydrogen-bond donors (Lipinski definition) is 1. The van der Waals surface area contributed by atoms with Crippen LogP contribution in [0.1, 0.15) is 26.7 Å². The molecular weight excluding hydrogens is 192 g/mol. The van der Waals surface area contributed by atoms with Gasteiger partial charge >= 0.3 is 0 Å². The van der Waals surface area contributed by atoms with Crippen LogP contribution < -0.4 is 5.32 Å². The molecule has 0 aromatic rings. The quantitative estimate of drug-likeness (QED) is 0.656. The molecule has 1 N–H and O–H groups in total. The number of terminal acetylenes is 1. The molecule has 4 heteroatoms. The smallest absolute Gasteiger partial charge is 0.248 e. The Bertz CT molecular complexity index is 319. The van der Waals surface area contributed by atoms with Crippen molar-refractivity contribution in [2.75, 3.05) is 13.1 Å². The minimum atomic E-state index is -0.801. The van der Waals surface area contributed by atoms with Gasteiger partial charge in [0.15, 0.2) is 0 Å². The van der Waals surface area contributed by atoms with Crippen molar-refractivity contribution >= 4 is 11.8 Å². The highest BCUT2D eigenvalue weighted by atomic mass is 16.2. The van der Waals surface area contributed by atoms with Gasteiger partial charge in [-0.2, -0.15) is 0 Å². The van der Waals surface area contributed by atoms with Crippen LogP contribution in [0.4, 0.5) is 0 Å². The molecule has 0 radical (unpaired) electrons. The van der Waals surface area contributed by atoms with Crippen LogP contribution in [0.15, 0.2) is 0 Å². The van der Waals surface area contributed by atoms with Crippen molar-refractivity contribution in [1.29, 1.82) is 0 Å². The van der Waals surface area contributed by atoms with E-state index in [1.807, 2.05) is 6.92 Å². The van der Waals surface area contributed by atoms with Crippen LogP contribution >= 0.6 is 0 Å². The summed E-state index contributed by atoms with van der Waals surface area (Å²) in [5.74, 6) is 2.26. The zero-order valence-electron chi connectivity index (χ0n) is 9.17. The van der Waals surface area contributed by atoms with Gasteiger partial charge in [-0.25, -0.2) is 0 Å². The fourth-order valence-electron chi connectivity index (χ4n) is 1.61. The van der Waals surface area contributed by atoms with E-state index < -0.39 is 5.54 Å². The first kappa shape index (κ1) is 11.6. The number of carbonyl (C=O) groups excluding carboxylic acids is 2. The van der Waals surface area contributed by atoms with Gasteiger partial charge in [0.1, 0.15) is 5.54 Å². The van der Waals surface area contributed by atoms with Crippen LogP contribution in [0.5, 0.6) is 0 Å². The van der Waals surface area contributed by atoms with Gasteiger partial charge in [0.25, 0.3) is 0 Å². The van der Waals surface area contributed by atoms with E-state index in [1.54, 1.807) is 11.8 Å². The van der Waals surface area contributed by atoms with Gasteiger partial charge in [-0.05, 0) is 13.3 Å². The number of rotatable bonds is 2. The molecule has 1 aliphatic heterocycles. The van der Waals surface area contributed by atoms with Gasteiger partial charge in [0.05, 0.1) is 6.54 Å². The minimum Gasteiger partial charge on any atom is -0.342 e. The second-order valence-corrected chi connectivity index (χ2v) is 3.91. The maximum absolute atomic E-state index is 12.0. The molecule has 15 heavy (non-hydrogen) atoms. The maximum atomic E-state index is 12.0. The third kappa shape index (κ3) is 2.30. The fourth-order valence-corrected chi connectivity index (χ4v) is 1.61. The lowest BCUT2D eigenvalue weighted by Crippen LogP contribution is -2.54. The van der Waals surface area contributed by atoms with E-state index in [9.17, 15) is 9.59 Å². The molecule has 1 fully saturated rings. The third-order valence-corrected chi connectivity index (χ3v) is 2.77. The van der Waals surface area contributed by atoms with E-state index >= 15 is 0 Å². The summed E-state index contributed by atoms with van der Waals surface area (Å²) >= 11 is 0. The number of nitrogens with zero attached hydrogens (tertiary/aromatic N) is 1. The molecule has 0 aromatic heterocycles. The fraction of sp³-hybridized carbons (Fsp3) is 0.636. The monoisotopic (exact) mass is 208 g/mol. The van der Waals surface area contributed by atoms with Gasteiger partial charge < -0.3 is 10.2 Å². The van der Waals surface area contributed by atoms with E-state index in [1.165, 1.54) is 0 Å². The van der Waals surface area contributed by atoms with Crippen molar-refractivity contribution in [2.45, 2.75) is 32.2 Å². The third-order valence-electron chi connectivity index (χ3n) is 2.77. The van der Waals surface area contributed by atoms with Crippen molar-refractivity contribution in [2.24, 2.45) is 0 Å². The topological polar surface area (TPSA) is 49.4 Å². The zero-order valence-corrected chi connectivity index (χ0v) is 9.17. The van der Waals surface area contributed by atoms with E-state index in [-0.39, 0.29) is 18.4 Å². The Hall–Kier alpha value is -1.50. The summed E-state index contributed by atoms with van der Waals surface area (Å²) in [5, 5.41) is 2.74. The largest absolute Gasteiger partial charge is 0.342 e. The molecule has 1 heterocycles. The summed E-state index contributed by atoms with van der Waals surface area (Å²) < 4.78 is 0. The molecule has 1 aliphatic rings. The van der Waals surface area contributed by atoms with Crippen LogP contribution in [0.3, 0.4) is 0 Å². The Morgan fingerprint density at radius 1 is 1.60 bits per heavy atom. The van der Waals surface area contributed by atoms with Gasteiger partial charge in [-0.15, -0.1) is 6.42 Å². The summed E-state index contributed by atoms with van der Waals surface area (Å²) in [5.41, 5.74) is -0.801. The summed E-state index contributed by atoms with van der Waals surface area (Å²) in [6, 6.07) is 0. The van der Waals surface area contributed by atoms with Gasteiger partial charge in [-0.3, -0.25) is 9.59 Å². The SMILES string of the molecule is C#CCN1CCC(=O)NC(C)(CC)C1=O. The second-order valence-electron chi connectivity index (χ2n) is 3.91. The lowest BCUT2D eigenvalue weighted by Gasteiger charge is -2.30. The molecular formula is C11H16N2O2. The van der Waals surface area contributed by atoms with Crippen molar-refractivity contribution in [3.8, 4) is 12.3 Å². The van der Waals surface area contributed by atoms with Crippen molar-refractivity contribution in [3.63, 3.8) is 0 Å². The molecule has 0 spiro atoms. The van der Waals surface area contributed by atoms with Crippen molar-refractivity contribution in [3.05, 3.63) is 0 Å². The molecule has 2 amide bonds. The van der Waals surface area contributed by atoms with E-state index in [2.05, 4.69) is 11.2 Å². The van der Waals surface area contributed by atoms with Crippen LogP contribution in [0.2, 0.25) is 0 Å². The predicted octanol–water partition coefficient (Wildman–Crippen LogP) is 0.137. The molecule has 1 rings (SSSR count). The summed E-state index contributed by atoms with van der Waals surface area (Å²) in [6.07, 6.45) is 6.08. The number of amides is 2. The second kappa shape index (κ2) is 4.35. The molecule has 0 saturated carbocycles. The van der Waals surface area contributed by atoms with Crippen molar-refractivity contribution < 1.29 is 9.59 Å². The average molecular weight is 208 g/mol. The lowest BCUT2D eigenvalue weighted by atomic mass is 9.97. The van der Waals surface area contributed by atoms with E-state index in [4.69, 9.17) is 6.42 Å². The van der Waals surface area contributed by atoms with Crippen LogP contribution in [-0.4, -0.2) is 35.3 Å². The highest BCUT2D eigenvalue weighted by Gasteiger charge is 2.38. The Morgan fingerprint density at radius 2 is 2.27 bits per heavy atom. The standard InChI is InChI=1S/C11H16N2O2/c1-4-7-13-8-6-9(14)12-11(3,5-2)10(13)15/h1H,5-8H2,2-3H3,(H,12,14). The van der Waals surface area contributed by atoms with Gasteiger partial charge in [0.2, 0.25) is 11.8 Å². The molecule has 0 aromatic carbocycles. The predicted molar refractivity (Wildman–Crippen MR) is 56.9 cm³/mol. The van der Waals surface area contributed by atoms with Crippen molar-refractivity contribution in [1.82, 2.24) is 10.2 Å². The highest BCUT2D eigenvalue weighted by molar-refractivity contribution is 5.93. The lowest BCUT2D eigenvalue weighted by molar-refractivity contribution is -0.137. The average Bonchev–Trinajstić information content (AvgIpc) is 2.31. The minimum absolute atomic E-state index is 0.0891. The molecule has 0 aliphatic carbocycles. The molecule has 1 unspecified atom stereocenters. The Labute approximate surface area is 90.0 Å². The maximum Gasteiger partial charge on any atom is 0.248 e. The van der Waals surface area contributed by atoms with Gasteiger partial charge in [0, 0.05) is 13.0 Å². The van der Waals surface area contributed by atoms with E-state index in [0.29, 0.717) is 19.4 Å². The molecule has 1 atom stereocenters. The molecule has 0 bridgehead atoms. The molecule has 82 valence electrons. The van der Waals surface area contributed by atoms with Gasteiger partial charge in [-0.1, -0.05) is 12.8 Å². The normalized spacial score (nSPS) is 26.9. The number of hydrogen-bond acceptors (Lipinski definition) is 2. The molecule has 4 nitrogen and oxygen atoms in total. The Balaban J connectivity index is 2.93. The van der Waals surface area contributed by atoms with Crippen LogP contribution in [-0.2, 0) is 9.59 Å². The first-order chi connectivity index (χ1) is 7.03. The van der Waals surface area contributed by atoms with Crippen LogP contribution in [0.25, 0.3) is 0 Å².